The van der Waals surface area contributed by atoms with E-state index >= 15 is 0 Å². The monoisotopic (exact) mass is 258 g/mol. The summed E-state index contributed by atoms with van der Waals surface area (Å²) in [5.74, 6) is 1.57. The first kappa shape index (κ1) is 22.4. The molecule has 0 aliphatic rings. The predicted octanol–water partition coefficient (Wildman–Crippen LogP) is -0.328. The SMILES string of the molecule is CCC(C)C[CH-]c1ccccc1[CH-]CC(C)CC.[Li+].[Li+]. The average molecular weight is 258 g/mol. The fraction of sp³-hybridized carbons (Fsp3) is 0.556. The number of benzene rings is 1. The van der Waals surface area contributed by atoms with Crippen molar-refractivity contribution in [3.8, 4) is 0 Å². The van der Waals surface area contributed by atoms with Crippen molar-refractivity contribution in [1.29, 1.82) is 0 Å². The Balaban J connectivity index is 0. The molecule has 0 saturated heterocycles. The normalized spacial score (nSPS) is 12.6. The van der Waals surface area contributed by atoms with Gasteiger partial charge in [-0.1, -0.05) is 65.2 Å². The fourth-order valence-corrected chi connectivity index (χ4v) is 1.87. The summed E-state index contributed by atoms with van der Waals surface area (Å²) in [4.78, 5) is 0. The van der Waals surface area contributed by atoms with Crippen LogP contribution in [-0.4, -0.2) is 0 Å². The molecule has 2 atom stereocenters. The van der Waals surface area contributed by atoms with Crippen LogP contribution < -0.4 is 37.7 Å². The van der Waals surface area contributed by atoms with Crippen LogP contribution in [-0.2, 0) is 0 Å². The Labute approximate surface area is 150 Å². The zero-order valence-electron chi connectivity index (χ0n) is 14.4. The second kappa shape index (κ2) is 12.9. The Bertz CT molecular complexity index is 303. The Morgan fingerprint density at radius 2 is 1.15 bits per heavy atom. The molecular weight excluding hydrogens is 230 g/mol. The van der Waals surface area contributed by atoms with E-state index in [0.717, 1.165) is 11.8 Å². The molecule has 1 aromatic rings. The minimum Gasteiger partial charge on any atom is -0.296 e. The van der Waals surface area contributed by atoms with E-state index in [1.807, 2.05) is 0 Å². The van der Waals surface area contributed by atoms with Gasteiger partial charge in [0.05, 0.1) is 0 Å². The smallest absolute Gasteiger partial charge is 0.296 e. The van der Waals surface area contributed by atoms with Gasteiger partial charge in [0.15, 0.2) is 0 Å². The molecule has 0 amide bonds. The molecule has 2 unspecified atom stereocenters. The fourth-order valence-electron chi connectivity index (χ4n) is 1.87. The van der Waals surface area contributed by atoms with E-state index in [1.165, 1.54) is 36.8 Å². The van der Waals surface area contributed by atoms with E-state index in [-0.39, 0.29) is 37.7 Å². The predicted molar refractivity (Wildman–Crippen MR) is 81.4 cm³/mol. The van der Waals surface area contributed by atoms with Crippen LogP contribution in [0, 0.1) is 24.7 Å². The van der Waals surface area contributed by atoms with Gasteiger partial charge in [-0.25, -0.2) is 25.0 Å². The van der Waals surface area contributed by atoms with Gasteiger partial charge in [0.2, 0.25) is 0 Å². The first-order chi connectivity index (χ1) is 8.67. The van der Waals surface area contributed by atoms with Crippen LogP contribution in [0.2, 0.25) is 0 Å². The molecule has 2 heteroatoms. The van der Waals surface area contributed by atoms with Gasteiger partial charge in [-0.3, -0.25) is 11.1 Å². The summed E-state index contributed by atoms with van der Waals surface area (Å²) in [7, 11) is 0. The van der Waals surface area contributed by atoms with E-state index in [4.69, 9.17) is 0 Å². The average Bonchev–Trinajstić information content (AvgIpc) is 2.42. The first-order valence-corrected chi connectivity index (χ1v) is 7.42. The summed E-state index contributed by atoms with van der Waals surface area (Å²) in [6, 6.07) is 8.77. The third-order valence-corrected chi connectivity index (χ3v) is 3.87. The van der Waals surface area contributed by atoms with Crippen molar-refractivity contribution in [2.45, 2.75) is 53.4 Å². The molecular formula is C18H28Li2. The number of hydrogen-bond donors (Lipinski definition) is 0. The number of hydrogen-bond acceptors (Lipinski definition) is 0. The molecule has 0 aromatic heterocycles. The largest absolute Gasteiger partial charge is 1.00 e. The molecule has 0 aliphatic carbocycles. The number of rotatable bonds is 8. The molecule has 1 aromatic carbocycles. The Hall–Kier alpha value is 0.155. The molecule has 0 radical (unpaired) electrons. The van der Waals surface area contributed by atoms with E-state index in [9.17, 15) is 0 Å². The van der Waals surface area contributed by atoms with Crippen LogP contribution in [0.4, 0.5) is 0 Å². The summed E-state index contributed by atoms with van der Waals surface area (Å²) in [5.41, 5.74) is 2.81. The van der Waals surface area contributed by atoms with Gasteiger partial charge < -0.3 is 0 Å². The van der Waals surface area contributed by atoms with Crippen LogP contribution >= 0.6 is 0 Å². The van der Waals surface area contributed by atoms with E-state index < -0.39 is 0 Å². The third kappa shape index (κ3) is 8.44. The van der Waals surface area contributed by atoms with Crippen molar-refractivity contribution in [3.63, 3.8) is 0 Å². The van der Waals surface area contributed by atoms with Gasteiger partial charge in [0.1, 0.15) is 0 Å². The maximum Gasteiger partial charge on any atom is 1.00 e. The minimum atomic E-state index is 0. The standard InChI is InChI=1S/C18H28.2Li/c1-5-15(3)11-13-17-9-7-8-10-18(17)14-12-16(4)6-2;;/h7-10,13-16H,5-6,11-12H2,1-4H3;;/q-2;2*+1. The molecule has 0 bridgehead atoms. The van der Waals surface area contributed by atoms with Gasteiger partial charge in [-0.2, -0.15) is 0 Å². The van der Waals surface area contributed by atoms with E-state index in [1.54, 1.807) is 0 Å². The van der Waals surface area contributed by atoms with Crippen molar-refractivity contribution in [1.82, 2.24) is 0 Å². The van der Waals surface area contributed by atoms with Gasteiger partial charge >= 0.3 is 37.7 Å². The minimum absolute atomic E-state index is 0. The molecule has 0 N–H and O–H groups in total. The second-order valence-corrected chi connectivity index (χ2v) is 5.54. The molecule has 0 fully saturated rings. The molecule has 1 rings (SSSR count). The van der Waals surface area contributed by atoms with Crippen LogP contribution in [0.3, 0.4) is 0 Å². The van der Waals surface area contributed by atoms with Gasteiger partial charge in [0.25, 0.3) is 0 Å². The van der Waals surface area contributed by atoms with E-state index in [2.05, 4.69) is 64.8 Å². The summed E-state index contributed by atoms with van der Waals surface area (Å²) in [5, 5.41) is 0. The van der Waals surface area contributed by atoms with Crippen LogP contribution in [0.5, 0.6) is 0 Å². The maximum atomic E-state index is 2.40. The second-order valence-electron chi connectivity index (χ2n) is 5.54. The maximum absolute atomic E-state index is 2.40. The summed E-state index contributed by atoms with van der Waals surface area (Å²) in [6.07, 6.45) is 9.69. The van der Waals surface area contributed by atoms with E-state index in [0.29, 0.717) is 0 Å². The summed E-state index contributed by atoms with van der Waals surface area (Å²) < 4.78 is 0. The van der Waals surface area contributed by atoms with Crippen molar-refractivity contribution in [3.05, 3.63) is 48.2 Å². The van der Waals surface area contributed by atoms with Crippen molar-refractivity contribution >= 4 is 0 Å². The quantitative estimate of drug-likeness (QED) is 0.442. The third-order valence-electron chi connectivity index (χ3n) is 3.87. The van der Waals surface area contributed by atoms with Crippen LogP contribution in [0.25, 0.3) is 0 Å². The summed E-state index contributed by atoms with van der Waals surface area (Å²) >= 11 is 0. The van der Waals surface area contributed by atoms with Gasteiger partial charge in [0, 0.05) is 0 Å². The van der Waals surface area contributed by atoms with Crippen molar-refractivity contribution in [2.24, 2.45) is 11.8 Å². The van der Waals surface area contributed by atoms with Crippen molar-refractivity contribution in [2.75, 3.05) is 0 Å². The Morgan fingerprint density at radius 1 is 0.800 bits per heavy atom. The molecule has 0 aliphatic heterocycles. The molecule has 0 nitrogen and oxygen atoms in total. The molecule has 20 heavy (non-hydrogen) atoms. The molecule has 0 spiro atoms. The molecule has 0 heterocycles. The molecule has 0 saturated carbocycles. The zero-order chi connectivity index (χ0) is 13.4. The Morgan fingerprint density at radius 3 is 1.45 bits per heavy atom. The van der Waals surface area contributed by atoms with Gasteiger partial charge in [-0.05, 0) is 0 Å². The van der Waals surface area contributed by atoms with Gasteiger partial charge in [-0.15, -0.1) is 12.1 Å². The molecule has 102 valence electrons. The Kier molecular flexibility index (Phi) is 14.4. The summed E-state index contributed by atoms with van der Waals surface area (Å²) in [6.45, 7) is 9.17. The van der Waals surface area contributed by atoms with Crippen LogP contribution in [0.1, 0.15) is 64.5 Å². The topological polar surface area (TPSA) is 0 Å². The zero-order valence-corrected chi connectivity index (χ0v) is 14.4. The van der Waals surface area contributed by atoms with Crippen LogP contribution in [0.15, 0.2) is 24.3 Å². The first-order valence-electron chi connectivity index (χ1n) is 7.42. The van der Waals surface area contributed by atoms with Crippen molar-refractivity contribution < 1.29 is 37.7 Å².